The van der Waals surface area contributed by atoms with E-state index in [0.29, 0.717) is 0 Å². The molecule has 0 amide bonds. The van der Waals surface area contributed by atoms with Gasteiger partial charge in [-0.25, -0.2) is 4.79 Å². The predicted molar refractivity (Wildman–Crippen MR) is 78.9 cm³/mol. The van der Waals surface area contributed by atoms with E-state index in [9.17, 15) is 14.7 Å². The molecule has 0 spiro atoms. The second kappa shape index (κ2) is 6.55. The Labute approximate surface area is 127 Å². The Morgan fingerprint density at radius 3 is 2.41 bits per heavy atom. The minimum absolute atomic E-state index is 0.0675. The molecular formula is C17H13NO4. The number of nitriles is 1. The lowest BCUT2D eigenvalue weighted by Crippen LogP contribution is -2.07. The Balaban J connectivity index is 2.39. The highest BCUT2D eigenvalue weighted by atomic mass is 16.5. The fourth-order valence-electron chi connectivity index (χ4n) is 1.99. The first kappa shape index (κ1) is 15.3. The highest BCUT2D eigenvalue weighted by Crippen LogP contribution is 2.25. The van der Waals surface area contributed by atoms with Crippen molar-refractivity contribution in [3.8, 4) is 11.8 Å². The maximum Gasteiger partial charge on any atom is 0.339 e. The number of carbonyl (C=O) groups is 2. The van der Waals surface area contributed by atoms with Crippen LogP contribution in [0.15, 0.2) is 42.5 Å². The van der Waals surface area contributed by atoms with E-state index in [0.717, 1.165) is 5.56 Å². The number of carboxylic acids is 1. The summed E-state index contributed by atoms with van der Waals surface area (Å²) in [6.07, 6.45) is 0. The van der Waals surface area contributed by atoms with Crippen molar-refractivity contribution in [3.05, 3.63) is 64.7 Å². The third-order valence-electron chi connectivity index (χ3n) is 3.09. The van der Waals surface area contributed by atoms with Gasteiger partial charge in [-0.3, -0.25) is 4.79 Å². The van der Waals surface area contributed by atoms with E-state index in [1.54, 1.807) is 0 Å². The standard InChI is InChI=1S/C17H13NO4/c1-11(19)14-8-15(17(20)21)16(7-13(14)9-18)22-10-12-5-3-2-4-6-12/h2-8H,10H2,1H3,(H,20,21). The first-order chi connectivity index (χ1) is 10.5. The Morgan fingerprint density at radius 2 is 1.86 bits per heavy atom. The third kappa shape index (κ3) is 3.30. The number of hydrogen-bond acceptors (Lipinski definition) is 4. The molecule has 0 aromatic heterocycles. The quantitative estimate of drug-likeness (QED) is 0.856. The maximum atomic E-state index is 11.5. The number of ether oxygens (including phenoxy) is 1. The zero-order chi connectivity index (χ0) is 16.1. The second-order valence-electron chi connectivity index (χ2n) is 4.64. The maximum absolute atomic E-state index is 11.5. The number of rotatable bonds is 5. The topological polar surface area (TPSA) is 87.4 Å². The van der Waals surface area contributed by atoms with E-state index in [-0.39, 0.29) is 34.8 Å². The number of aromatic carboxylic acids is 1. The van der Waals surface area contributed by atoms with Crippen LogP contribution in [-0.4, -0.2) is 16.9 Å². The molecule has 2 aromatic carbocycles. The average molecular weight is 295 g/mol. The van der Waals surface area contributed by atoms with Crippen LogP contribution in [0.3, 0.4) is 0 Å². The highest BCUT2D eigenvalue weighted by molar-refractivity contribution is 6.00. The van der Waals surface area contributed by atoms with Gasteiger partial charge >= 0.3 is 5.97 Å². The average Bonchev–Trinajstić information content (AvgIpc) is 2.52. The molecule has 1 N–H and O–H groups in total. The zero-order valence-corrected chi connectivity index (χ0v) is 11.9. The molecular weight excluding hydrogens is 282 g/mol. The fraction of sp³-hybridized carbons (Fsp3) is 0.118. The molecule has 0 aliphatic carbocycles. The molecule has 0 saturated heterocycles. The van der Waals surface area contributed by atoms with E-state index < -0.39 is 5.97 Å². The van der Waals surface area contributed by atoms with Gasteiger partial charge in [0.05, 0.1) is 5.56 Å². The first-order valence-corrected chi connectivity index (χ1v) is 6.52. The molecule has 5 heteroatoms. The summed E-state index contributed by atoms with van der Waals surface area (Å²) in [7, 11) is 0. The van der Waals surface area contributed by atoms with Crippen molar-refractivity contribution >= 4 is 11.8 Å². The lowest BCUT2D eigenvalue weighted by Gasteiger charge is -2.11. The zero-order valence-electron chi connectivity index (χ0n) is 11.9. The van der Waals surface area contributed by atoms with Crippen molar-refractivity contribution in [1.82, 2.24) is 0 Å². The van der Waals surface area contributed by atoms with E-state index in [2.05, 4.69) is 0 Å². The van der Waals surface area contributed by atoms with Crippen LogP contribution in [0.1, 0.15) is 38.8 Å². The number of benzene rings is 2. The molecule has 5 nitrogen and oxygen atoms in total. The summed E-state index contributed by atoms with van der Waals surface area (Å²) in [5.74, 6) is -1.51. The first-order valence-electron chi connectivity index (χ1n) is 6.52. The highest BCUT2D eigenvalue weighted by Gasteiger charge is 2.18. The van der Waals surface area contributed by atoms with Crippen LogP contribution in [0.2, 0.25) is 0 Å². The van der Waals surface area contributed by atoms with Crippen molar-refractivity contribution < 1.29 is 19.4 Å². The molecule has 0 unspecified atom stereocenters. The predicted octanol–water partition coefficient (Wildman–Crippen LogP) is 3.04. The van der Waals surface area contributed by atoms with Crippen molar-refractivity contribution in [2.45, 2.75) is 13.5 Å². The normalized spacial score (nSPS) is 9.82. The van der Waals surface area contributed by atoms with Crippen LogP contribution in [0, 0.1) is 11.3 Å². The Hall–Kier alpha value is -3.13. The molecule has 0 radical (unpaired) electrons. The lowest BCUT2D eigenvalue weighted by molar-refractivity contribution is 0.0691. The van der Waals surface area contributed by atoms with Crippen molar-refractivity contribution in [2.24, 2.45) is 0 Å². The van der Waals surface area contributed by atoms with E-state index in [1.165, 1.54) is 19.1 Å². The van der Waals surface area contributed by atoms with Crippen LogP contribution in [-0.2, 0) is 6.61 Å². The molecule has 110 valence electrons. The van der Waals surface area contributed by atoms with Gasteiger partial charge in [0.15, 0.2) is 5.78 Å². The number of hydrogen-bond donors (Lipinski definition) is 1. The number of Topliss-reactive ketones (excluding diaryl/α,β-unsaturated/α-hetero) is 1. The molecule has 0 aliphatic rings. The van der Waals surface area contributed by atoms with Gasteiger partial charge in [-0.05, 0) is 24.6 Å². The molecule has 2 aromatic rings. The molecule has 22 heavy (non-hydrogen) atoms. The molecule has 0 saturated carbocycles. The van der Waals surface area contributed by atoms with Gasteiger partial charge in [0.2, 0.25) is 0 Å². The molecule has 0 aliphatic heterocycles. The molecule has 0 fully saturated rings. The van der Waals surface area contributed by atoms with Gasteiger partial charge in [-0.1, -0.05) is 30.3 Å². The van der Waals surface area contributed by atoms with Gasteiger partial charge in [0, 0.05) is 5.56 Å². The minimum Gasteiger partial charge on any atom is -0.488 e. The summed E-state index contributed by atoms with van der Waals surface area (Å²) in [6, 6.07) is 13.6. The molecule has 0 atom stereocenters. The number of ketones is 1. The summed E-state index contributed by atoms with van der Waals surface area (Å²) in [5, 5.41) is 18.4. The van der Waals surface area contributed by atoms with E-state index >= 15 is 0 Å². The second-order valence-corrected chi connectivity index (χ2v) is 4.64. The van der Waals surface area contributed by atoms with Crippen LogP contribution >= 0.6 is 0 Å². The molecule has 0 bridgehead atoms. The summed E-state index contributed by atoms with van der Waals surface area (Å²) in [4.78, 5) is 22.8. The van der Waals surface area contributed by atoms with E-state index in [1.807, 2.05) is 36.4 Å². The number of nitrogens with zero attached hydrogens (tertiary/aromatic N) is 1. The monoisotopic (exact) mass is 295 g/mol. The largest absolute Gasteiger partial charge is 0.488 e. The van der Waals surface area contributed by atoms with Gasteiger partial charge in [0.1, 0.15) is 24.0 Å². The van der Waals surface area contributed by atoms with Gasteiger partial charge in [-0.2, -0.15) is 5.26 Å². The van der Waals surface area contributed by atoms with Crippen LogP contribution in [0.5, 0.6) is 5.75 Å². The Morgan fingerprint density at radius 1 is 1.18 bits per heavy atom. The molecule has 2 rings (SSSR count). The van der Waals surface area contributed by atoms with Crippen molar-refractivity contribution in [3.63, 3.8) is 0 Å². The molecule has 0 heterocycles. The summed E-state index contributed by atoms with van der Waals surface area (Å²) in [6.45, 7) is 1.46. The van der Waals surface area contributed by atoms with Crippen LogP contribution < -0.4 is 4.74 Å². The Kier molecular flexibility index (Phi) is 4.54. The minimum atomic E-state index is -1.21. The third-order valence-corrected chi connectivity index (χ3v) is 3.09. The van der Waals surface area contributed by atoms with Crippen molar-refractivity contribution in [1.29, 1.82) is 5.26 Å². The van der Waals surface area contributed by atoms with Crippen LogP contribution in [0.25, 0.3) is 0 Å². The van der Waals surface area contributed by atoms with Gasteiger partial charge in [-0.15, -0.1) is 0 Å². The van der Waals surface area contributed by atoms with Crippen molar-refractivity contribution in [2.75, 3.05) is 0 Å². The summed E-state index contributed by atoms with van der Waals surface area (Å²) >= 11 is 0. The van der Waals surface area contributed by atoms with Crippen LogP contribution in [0.4, 0.5) is 0 Å². The van der Waals surface area contributed by atoms with E-state index in [4.69, 9.17) is 10.00 Å². The fourth-order valence-corrected chi connectivity index (χ4v) is 1.99. The SMILES string of the molecule is CC(=O)c1cc(C(=O)O)c(OCc2ccccc2)cc1C#N. The number of carboxylic acid groups (broad SMARTS) is 1. The van der Waals surface area contributed by atoms with Gasteiger partial charge < -0.3 is 9.84 Å². The summed E-state index contributed by atoms with van der Waals surface area (Å²) in [5.41, 5.74) is 0.903. The number of carbonyl (C=O) groups excluding carboxylic acids is 1. The smallest absolute Gasteiger partial charge is 0.339 e. The van der Waals surface area contributed by atoms with Gasteiger partial charge in [0.25, 0.3) is 0 Å². The lowest BCUT2D eigenvalue weighted by atomic mass is 10.0. The summed E-state index contributed by atoms with van der Waals surface area (Å²) < 4.78 is 5.52. The Bertz CT molecular complexity index is 760.